The Morgan fingerprint density at radius 1 is 1.43 bits per heavy atom. The SMILES string of the molecule is CSc1cc2cc(CO)sc2cc1S. The van der Waals surface area contributed by atoms with Crippen molar-refractivity contribution < 1.29 is 5.11 Å². The number of aliphatic hydroxyl groups is 1. The predicted octanol–water partition coefficient (Wildman–Crippen LogP) is 3.40. The van der Waals surface area contributed by atoms with Crippen LogP contribution < -0.4 is 0 Å². The van der Waals surface area contributed by atoms with Crippen LogP contribution in [0.1, 0.15) is 4.88 Å². The van der Waals surface area contributed by atoms with Crippen molar-refractivity contribution in [2.24, 2.45) is 0 Å². The Bertz CT molecular complexity index is 462. The van der Waals surface area contributed by atoms with Gasteiger partial charge in [0.15, 0.2) is 0 Å². The van der Waals surface area contributed by atoms with E-state index in [0.29, 0.717) is 0 Å². The van der Waals surface area contributed by atoms with E-state index in [1.54, 1.807) is 23.1 Å². The fraction of sp³-hybridized carbons (Fsp3) is 0.200. The molecule has 2 rings (SSSR count). The van der Waals surface area contributed by atoms with Crippen LogP contribution in [0.5, 0.6) is 0 Å². The molecule has 1 aromatic heterocycles. The Morgan fingerprint density at radius 2 is 2.21 bits per heavy atom. The van der Waals surface area contributed by atoms with Gasteiger partial charge in [-0.05, 0) is 29.8 Å². The smallest absolute Gasteiger partial charge is 0.0774 e. The minimum Gasteiger partial charge on any atom is -0.391 e. The van der Waals surface area contributed by atoms with Gasteiger partial charge in [-0.25, -0.2) is 0 Å². The molecular weight excluding hydrogens is 232 g/mol. The van der Waals surface area contributed by atoms with Crippen LogP contribution in [0, 0.1) is 0 Å². The van der Waals surface area contributed by atoms with E-state index < -0.39 is 0 Å². The van der Waals surface area contributed by atoms with Crippen molar-refractivity contribution in [1.29, 1.82) is 0 Å². The average molecular weight is 242 g/mol. The van der Waals surface area contributed by atoms with Crippen LogP contribution >= 0.6 is 35.7 Å². The lowest BCUT2D eigenvalue weighted by Crippen LogP contribution is -1.73. The summed E-state index contributed by atoms with van der Waals surface area (Å²) in [6.45, 7) is 0.121. The maximum Gasteiger partial charge on any atom is 0.0774 e. The van der Waals surface area contributed by atoms with Gasteiger partial charge in [0.25, 0.3) is 0 Å². The maximum atomic E-state index is 9.02. The molecule has 2 aromatic rings. The summed E-state index contributed by atoms with van der Waals surface area (Å²) in [7, 11) is 0. The van der Waals surface area contributed by atoms with E-state index in [1.165, 1.54) is 15.0 Å². The molecule has 0 saturated heterocycles. The zero-order chi connectivity index (χ0) is 10.1. The Hall–Kier alpha value is -0.160. The van der Waals surface area contributed by atoms with Gasteiger partial charge in [0.2, 0.25) is 0 Å². The van der Waals surface area contributed by atoms with Gasteiger partial charge in [0.1, 0.15) is 0 Å². The summed E-state index contributed by atoms with van der Waals surface area (Å²) in [6, 6.07) is 6.22. The van der Waals surface area contributed by atoms with Crippen LogP contribution in [-0.2, 0) is 6.61 Å². The molecule has 0 radical (unpaired) electrons. The lowest BCUT2D eigenvalue weighted by molar-refractivity contribution is 0.285. The molecule has 1 heterocycles. The Balaban J connectivity index is 2.64. The van der Waals surface area contributed by atoms with Gasteiger partial charge in [0, 0.05) is 19.4 Å². The Labute approximate surface area is 96.6 Å². The van der Waals surface area contributed by atoms with E-state index in [2.05, 4.69) is 24.8 Å². The molecule has 0 saturated carbocycles. The molecule has 1 N–H and O–H groups in total. The molecule has 0 bridgehead atoms. The van der Waals surface area contributed by atoms with E-state index in [1.807, 2.05) is 12.3 Å². The largest absolute Gasteiger partial charge is 0.391 e. The molecule has 0 amide bonds. The number of hydrogen-bond acceptors (Lipinski definition) is 4. The average Bonchev–Trinajstić information content (AvgIpc) is 2.58. The Kier molecular flexibility index (Phi) is 3.07. The van der Waals surface area contributed by atoms with Crippen molar-refractivity contribution in [3.63, 3.8) is 0 Å². The molecule has 0 fully saturated rings. The second-order valence-corrected chi connectivity index (χ2v) is 5.43. The first-order valence-corrected chi connectivity index (χ1v) is 6.63. The predicted molar refractivity (Wildman–Crippen MR) is 66.8 cm³/mol. The van der Waals surface area contributed by atoms with Crippen molar-refractivity contribution in [2.75, 3.05) is 6.26 Å². The molecule has 0 aliphatic rings. The zero-order valence-corrected chi connectivity index (χ0v) is 10.2. The van der Waals surface area contributed by atoms with Crippen molar-refractivity contribution in [1.82, 2.24) is 0 Å². The normalized spacial score (nSPS) is 11.1. The van der Waals surface area contributed by atoms with Gasteiger partial charge < -0.3 is 5.11 Å². The highest BCUT2D eigenvalue weighted by molar-refractivity contribution is 7.99. The van der Waals surface area contributed by atoms with Crippen LogP contribution in [0.2, 0.25) is 0 Å². The van der Waals surface area contributed by atoms with Crippen LogP contribution in [0.15, 0.2) is 28.0 Å². The number of hydrogen-bond donors (Lipinski definition) is 2. The minimum absolute atomic E-state index is 0.121. The lowest BCUT2D eigenvalue weighted by atomic mass is 10.2. The fourth-order valence-electron chi connectivity index (χ4n) is 1.35. The van der Waals surface area contributed by atoms with Crippen LogP contribution in [0.3, 0.4) is 0 Å². The first-order valence-electron chi connectivity index (χ1n) is 4.15. The molecule has 4 heteroatoms. The summed E-state index contributed by atoms with van der Waals surface area (Å²) >= 11 is 7.73. The minimum atomic E-state index is 0.121. The van der Waals surface area contributed by atoms with Crippen molar-refractivity contribution >= 4 is 45.8 Å². The van der Waals surface area contributed by atoms with E-state index in [0.717, 1.165) is 9.77 Å². The molecule has 0 aliphatic heterocycles. The van der Waals surface area contributed by atoms with Crippen LogP contribution in [-0.4, -0.2) is 11.4 Å². The quantitative estimate of drug-likeness (QED) is 0.622. The van der Waals surface area contributed by atoms with Gasteiger partial charge >= 0.3 is 0 Å². The summed E-state index contributed by atoms with van der Waals surface area (Å²) in [5.74, 6) is 0. The monoisotopic (exact) mass is 242 g/mol. The second kappa shape index (κ2) is 4.14. The van der Waals surface area contributed by atoms with Crippen molar-refractivity contribution in [3.8, 4) is 0 Å². The van der Waals surface area contributed by atoms with E-state index >= 15 is 0 Å². The standard InChI is InChI=1S/C10H10OS3/c1-13-10-3-6-2-7(5-11)14-9(6)4-8(10)12/h2-4,11-12H,5H2,1H3. The molecule has 0 unspecified atom stereocenters. The number of thiophene rings is 1. The third kappa shape index (κ3) is 1.80. The van der Waals surface area contributed by atoms with E-state index in [4.69, 9.17) is 5.11 Å². The highest BCUT2D eigenvalue weighted by Gasteiger charge is 2.05. The highest BCUT2D eigenvalue weighted by Crippen LogP contribution is 2.33. The summed E-state index contributed by atoms with van der Waals surface area (Å²) in [5.41, 5.74) is 0. The summed E-state index contributed by atoms with van der Waals surface area (Å²) in [4.78, 5) is 3.20. The topological polar surface area (TPSA) is 20.2 Å². The molecule has 0 atom stereocenters. The molecular formula is C10H10OS3. The van der Waals surface area contributed by atoms with Crippen LogP contribution in [0.4, 0.5) is 0 Å². The third-order valence-corrected chi connectivity index (χ3v) is 4.41. The summed E-state index contributed by atoms with van der Waals surface area (Å²) in [6.07, 6.45) is 2.04. The van der Waals surface area contributed by atoms with E-state index in [9.17, 15) is 0 Å². The third-order valence-electron chi connectivity index (χ3n) is 2.02. The van der Waals surface area contributed by atoms with E-state index in [-0.39, 0.29) is 6.61 Å². The summed E-state index contributed by atoms with van der Waals surface area (Å²) < 4.78 is 1.19. The van der Waals surface area contributed by atoms with Gasteiger partial charge in [-0.2, -0.15) is 0 Å². The number of benzene rings is 1. The first kappa shape index (κ1) is 10.4. The molecule has 14 heavy (non-hydrogen) atoms. The van der Waals surface area contributed by atoms with Crippen molar-refractivity contribution in [3.05, 3.63) is 23.1 Å². The fourth-order valence-corrected chi connectivity index (χ4v) is 3.36. The first-order chi connectivity index (χ1) is 6.74. The zero-order valence-electron chi connectivity index (χ0n) is 7.65. The number of aliphatic hydroxyl groups excluding tert-OH is 1. The lowest BCUT2D eigenvalue weighted by Gasteiger charge is -2.00. The number of thioether (sulfide) groups is 1. The molecule has 1 nitrogen and oxygen atoms in total. The molecule has 74 valence electrons. The van der Waals surface area contributed by atoms with Gasteiger partial charge in [0.05, 0.1) is 6.61 Å². The number of rotatable bonds is 2. The van der Waals surface area contributed by atoms with Gasteiger partial charge in [-0.3, -0.25) is 0 Å². The molecule has 1 aromatic carbocycles. The molecule has 0 spiro atoms. The van der Waals surface area contributed by atoms with Crippen LogP contribution in [0.25, 0.3) is 10.1 Å². The molecule has 0 aliphatic carbocycles. The van der Waals surface area contributed by atoms with Gasteiger partial charge in [-0.15, -0.1) is 35.7 Å². The maximum absolute atomic E-state index is 9.02. The second-order valence-electron chi connectivity index (χ2n) is 2.93. The Morgan fingerprint density at radius 3 is 2.86 bits per heavy atom. The highest BCUT2D eigenvalue weighted by atomic mass is 32.2. The number of fused-ring (bicyclic) bond motifs is 1. The van der Waals surface area contributed by atoms with Gasteiger partial charge in [-0.1, -0.05) is 0 Å². The van der Waals surface area contributed by atoms with Crippen molar-refractivity contribution in [2.45, 2.75) is 16.4 Å². The summed E-state index contributed by atoms with van der Waals surface area (Å²) in [5, 5.41) is 10.2. The number of thiol groups is 1.